The summed E-state index contributed by atoms with van der Waals surface area (Å²) >= 11 is 0. The number of hydrogen-bond donors (Lipinski definition) is 3. The third kappa shape index (κ3) is 10.5. The van der Waals surface area contributed by atoms with E-state index >= 15 is 0 Å². The van der Waals surface area contributed by atoms with E-state index in [9.17, 15) is 9.59 Å². The van der Waals surface area contributed by atoms with Crippen molar-refractivity contribution in [2.45, 2.75) is 52.2 Å². The number of ether oxygens (including phenoxy) is 1. The zero-order chi connectivity index (χ0) is 15.1. The second kappa shape index (κ2) is 8.12. The zero-order valence-corrected chi connectivity index (χ0v) is 12.2. The number of methoxy groups -OCH3 is 1. The largest absolute Gasteiger partial charge is 0.481 e. The van der Waals surface area contributed by atoms with E-state index in [0.29, 0.717) is 0 Å². The van der Waals surface area contributed by atoms with Crippen LogP contribution in [0.3, 0.4) is 0 Å². The molecule has 0 saturated heterocycles. The predicted molar refractivity (Wildman–Crippen MR) is 72.7 cm³/mol. The highest BCUT2D eigenvalue weighted by Gasteiger charge is 2.19. The summed E-state index contributed by atoms with van der Waals surface area (Å²) in [4.78, 5) is 22.2. The maximum atomic E-state index is 11.7. The van der Waals surface area contributed by atoms with Crippen molar-refractivity contribution >= 4 is 11.9 Å². The lowest BCUT2D eigenvalue weighted by atomic mass is 9.87. The molecule has 2 unspecified atom stereocenters. The van der Waals surface area contributed by atoms with Gasteiger partial charge in [-0.3, -0.25) is 9.59 Å². The molecular formula is C13H26N2O4. The maximum absolute atomic E-state index is 11.7. The minimum absolute atomic E-state index is 0.0814. The molecule has 1 amide bonds. The second-order valence-corrected chi connectivity index (χ2v) is 5.99. The summed E-state index contributed by atoms with van der Waals surface area (Å²) in [5.74, 6) is -1.13. The first-order chi connectivity index (χ1) is 8.64. The summed E-state index contributed by atoms with van der Waals surface area (Å²) in [6.45, 7) is 6.39. The first kappa shape index (κ1) is 17.9. The summed E-state index contributed by atoms with van der Waals surface area (Å²) < 4.78 is 4.97. The van der Waals surface area contributed by atoms with Crippen LogP contribution in [0.5, 0.6) is 0 Å². The number of carboxylic acids is 1. The van der Waals surface area contributed by atoms with E-state index in [-0.39, 0.29) is 36.8 Å². The van der Waals surface area contributed by atoms with Crippen molar-refractivity contribution in [3.63, 3.8) is 0 Å². The van der Waals surface area contributed by atoms with Gasteiger partial charge in [-0.2, -0.15) is 0 Å². The highest BCUT2D eigenvalue weighted by Crippen LogP contribution is 2.20. The molecule has 6 heteroatoms. The minimum Gasteiger partial charge on any atom is -0.481 e. The Morgan fingerprint density at radius 3 is 2.32 bits per heavy atom. The van der Waals surface area contributed by atoms with Crippen molar-refractivity contribution < 1.29 is 19.4 Å². The number of aliphatic carboxylic acids is 1. The molecule has 0 aliphatic rings. The molecule has 0 fully saturated rings. The first-order valence-corrected chi connectivity index (χ1v) is 6.41. The fraction of sp³-hybridized carbons (Fsp3) is 0.846. The van der Waals surface area contributed by atoms with Crippen LogP contribution < -0.4 is 11.1 Å². The van der Waals surface area contributed by atoms with Crippen LogP contribution in [0, 0.1) is 5.41 Å². The lowest BCUT2D eigenvalue weighted by Gasteiger charge is -2.23. The van der Waals surface area contributed by atoms with Crippen LogP contribution in [-0.2, 0) is 14.3 Å². The van der Waals surface area contributed by atoms with Gasteiger partial charge in [0, 0.05) is 26.1 Å². The van der Waals surface area contributed by atoms with Crippen molar-refractivity contribution in [2.24, 2.45) is 11.1 Å². The monoisotopic (exact) mass is 274 g/mol. The predicted octanol–water partition coefficient (Wildman–Crippen LogP) is 0.746. The maximum Gasteiger partial charge on any atom is 0.306 e. The van der Waals surface area contributed by atoms with Crippen molar-refractivity contribution in [1.82, 2.24) is 5.32 Å². The Kier molecular flexibility index (Phi) is 7.63. The Balaban J connectivity index is 4.00. The Hall–Kier alpha value is -1.14. The summed E-state index contributed by atoms with van der Waals surface area (Å²) in [7, 11) is 1.42. The van der Waals surface area contributed by atoms with Gasteiger partial charge in [-0.15, -0.1) is 0 Å². The number of carboxylic acid groups (broad SMARTS) is 1. The first-order valence-electron chi connectivity index (χ1n) is 6.41. The second-order valence-electron chi connectivity index (χ2n) is 5.99. The van der Waals surface area contributed by atoms with Crippen molar-refractivity contribution in [3.05, 3.63) is 0 Å². The van der Waals surface area contributed by atoms with Gasteiger partial charge in [-0.1, -0.05) is 20.8 Å². The average Bonchev–Trinajstić information content (AvgIpc) is 2.20. The number of hydrogen-bond acceptors (Lipinski definition) is 4. The van der Waals surface area contributed by atoms with E-state index in [2.05, 4.69) is 26.1 Å². The summed E-state index contributed by atoms with van der Waals surface area (Å²) in [5, 5.41) is 11.3. The number of rotatable bonds is 8. The molecule has 19 heavy (non-hydrogen) atoms. The van der Waals surface area contributed by atoms with E-state index in [0.717, 1.165) is 6.42 Å². The van der Waals surface area contributed by atoms with Crippen LogP contribution in [-0.4, -0.2) is 42.8 Å². The molecule has 112 valence electrons. The van der Waals surface area contributed by atoms with E-state index in [4.69, 9.17) is 15.6 Å². The smallest absolute Gasteiger partial charge is 0.306 e. The van der Waals surface area contributed by atoms with E-state index in [1.165, 1.54) is 7.11 Å². The van der Waals surface area contributed by atoms with Gasteiger partial charge in [0.15, 0.2) is 0 Å². The number of nitrogens with two attached hydrogens (primary N) is 1. The molecule has 0 saturated carbocycles. The van der Waals surface area contributed by atoms with Crippen molar-refractivity contribution in [1.29, 1.82) is 0 Å². The molecule has 0 aromatic carbocycles. The topological polar surface area (TPSA) is 102 Å². The molecule has 0 aliphatic carbocycles. The van der Waals surface area contributed by atoms with Crippen LogP contribution in [0.1, 0.15) is 40.0 Å². The molecule has 0 heterocycles. The van der Waals surface area contributed by atoms with Gasteiger partial charge in [0.25, 0.3) is 0 Å². The molecule has 2 atom stereocenters. The van der Waals surface area contributed by atoms with Crippen molar-refractivity contribution in [2.75, 3.05) is 13.7 Å². The normalized spacial score (nSPS) is 14.8. The average molecular weight is 274 g/mol. The highest BCUT2D eigenvalue weighted by atomic mass is 16.5. The van der Waals surface area contributed by atoms with Gasteiger partial charge < -0.3 is 20.9 Å². The zero-order valence-electron chi connectivity index (χ0n) is 12.2. The SMILES string of the molecule is COC(CNC(=O)CC(N)CC(C)(C)C)CC(=O)O. The fourth-order valence-electron chi connectivity index (χ4n) is 1.83. The van der Waals surface area contributed by atoms with Gasteiger partial charge in [-0.05, 0) is 11.8 Å². The molecule has 0 aromatic rings. The van der Waals surface area contributed by atoms with Gasteiger partial charge in [0.05, 0.1) is 12.5 Å². The molecular weight excluding hydrogens is 248 g/mol. The summed E-state index contributed by atoms with van der Waals surface area (Å²) in [6.07, 6.45) is 0.342. The van der Waals surface area contributed by atoms with Crippen LogP contribution >= 0.6 is 0 Å². The lowest BCUT2D eigenvalue weighted by Crippen LogP contribution is -2.38. The number of amides is 1. The quantitative estimate of drug-likeness (QED) is 0.606. The Morgan fingerprint density at radius 2 is 1.89 bits per heavy atom. The molecule has 0 aromatic heterocycles. The number of nitrogens with one attached hydrogen (secondary N) is 1. The number of carbonyl (C=O) groups is 2. The molecule has 6 nitrogen and oxygen atoms in total. The van der Waals surface area contributed by atoms with Gasteiger partial charge in [-0.25, -0.2) is 0 Å². The molecule has 0 rings (SSSR count). The van der Waals surface area contributed by atoms with Gasteiger partial charge in [0.1, 0.15) is 0 Å². The van der Waals surface area contributed by atoms with Gasteiger partial charge >= 0.3 is 5.97 Å². The summed E-state index contributed by atoms with van der Waals surface area (Å²) in [6, 6.07) is -0.194. The molecule has 0 bridgehead atoms. The third-order valence-corrected chi connectivity index (χ3v) is 2.58. The Bertz CT molecular complexity index is 300. The summed E-state index contributed by atoms with van der Waals surface area (Å²) in [5.41, 5.74) is 5.98. The van der Waals surface area contributed by atoms with E-state index in [1.54, 1.807) is 0 Å². The molecule has 0 aliphatic heterocycles. The number of carbonyl (C=O) groups excluding carboxylic acids is 1. The molecule has 4 N–H and O–H groups in total. The minimum atomic E-state index is -0.953. The lowest BCUT2D eigenvalue weighted by molar-refractivity contribution is -0.140. The van der Waals surface area contributed by atoms with E-state index < -0.39 is 12.1 Å². The fourth-order valence-corrected chi connectivity index (χ4v) is 1.83. The van der Waals surface area contributed by atoms with Crippen LogP contribution in [0.4, 0.5) is 0 Å². The van der Waals surface area contributed by atoms with Crippen molar-refractivity contribution in [3.8, 4) is 0 Å². The standard InChI is InChI=1S/C13H26N2O4/c1-13(2,3)7-9(14)5-11(16)15-8-10(19-4)6-12(17)18/h9-10H,5-8,14H2,1-4H3,(H,15,16)(H,17,18). The highest BCUT2D eigenvalue weighted by molar-refractivity contribution is 5.76. The molecule has 0 spiro atoms. The van der Waals surface area contributed by atoms with Gasteiger partial charge in [0.2, 0.25) is 5.91 Å². The van der Waals surface area contributed by atoms with Crippen LogP contribution in [0.15, 0.2) is 0 Å². The Labute approximate surface area is 114 Å². The third-order valence-electron chi connectivity index (χ3n) is 2.58. The molecule has 0 radical (unpaired) electrons. The van der Waals surface area contributed by atoms with E-state index in [1.807, 2.05) is 0 Å². The Morgan fingerprint density at radius 1 is 1.32 bits per heavy atom. The van der Waals surface area contributed by atoms with Crippen LogP contribution in [0.2, 0.25) is 0 Å². The van der Waals surface area contributed by atoms with Crippen LogP contribution in [0.25, 0.3) is 0 Å².